The van der Waals surface area contributed by atoms with E-state index in [1.54, 1.807) is 11.3 Å². The van der Waals surface area contributed by atoms with Crippen LogP contribution in [-0.4, -0.2) is 10.1 Å². The van der Waals surface area contributed by atoms with Gasteiger partial charge in [-0.3, -0.25) is 0 Å². The van der Waals surface area contributed by atoms with Gasteiger partial charge in [0, 0.05) is 5.38 Å². The Bertz CT molecular complexity index is 385. The number of aliphatic hydroxyl groups is 1. The van der Waals surface area contributed by atoms with Gasteiger partial charge in [-0.05, 0) is 18.4 Å². The maximum atomic E-state index is 9.89. The van der Waals surface area contributed by atoms with E-state index in [1.807, 2.05) is 41.2 Å². The Balaban J connectivity index is 1.90. The van der Waals surface area contributed by atoms with Crippen LogP contribution in [0.4, 0.5) is 0 Å². The van der Waals surface area contributed by atoms with Crippen LogP contribution in [0, 0.1) is 0 Å². The Morgan fingerprint density at radius 3 is 2.73 bits per heavy atom. The van der Waals surface area contributed by atoms with Gasteiger partial charge in [0.15, 0.2) is 0 Å². The van der Waals surface area contributed by atoms with Gasteiger partial charge in [0.1, 0.15) is 0 Å². The van der Waals surface area contributed by atoms with Crippen molar-refractivity contribution in [1.29, 1.82) is 0 Å². The lowest BCUT2D eigenvalue weighted by atomic mass is 10.0. The molecule has 1 aromatic carbocycles. The Morgan fingerprint density at radius 2 is 2.07 bits per heavy atom. The van der Waals surface area contributed by atoms with Crippen LogP contribution in [0.1, 0.15) is 23.8 Å². The maximum absolute atomic E-state index is 9.89. The minimum Gasteiger partial charge on any atom is -0.388 e. The standard InChI is InChI=1S/C12H13NOS/c14-12(10-4-2-1-3-5-10)7-6-11-8-15-9-13-11/h1-5,8-9,12,14H,6-7H2. The van der Waals surface area contributed by atoms with Crippen LogP contribution in [0.5, 0.6) is 0 Å². The third-order valence-electron chi connectivity index (χ3n) is 2.34. The number of hydrogen-bond acceptors (Lipinski definition) is 3. The Kier molecular flexibility index (Phi) is 3.48. The third kappa shape index (κ3) is 2.88. The number of hydrogen-bond donors (Lipinski definition) is 1. The van der Waals surface area contributed by atoms with E-state index in [1.165, 1.54) is 0 Å². The molecule has 2 nitrogen and oxygen atoms in total. The minimum atomic E-state index is -0.382. The molecule has 0 amide bonds. The number of nitrogens with zero attached hydrogens (tertiary/aromatic N) is 1. The zero-order chi connectivity index (χ0) is 10.5. The Labute approximate surface area is 93.2 Å². The first kappa shape index (κ1) is 10.3. The molecule has 1 unspecified atom stereocenters. The summed E-state index contributed by atoms with van der Waals surface area (Å²) in [6.45, 7) is 0. The van der Waals surface area contributed by atoms with Crippen molar-refractivity contribution in [3.8, 4) is 0 Å². The first-order valence-corrected chi connectivity index (χ1v) is 5.90. The molecule has 0 fully saturated rings. The van der Waals surface area contributed by atoms with E-state index in [2.05, 4.69) is 4.98 Å². The van der Waals surface area contributed by atoms with Crippen molar-refractivity contribution in [2.45, 2.75) is 18.9 Å². The fourth-order valence-electron chi connectivity index (χ4n) is 1.49. The van der Waals surface area contributed by atoms with Crippen LogP contribution in [0.2, 0.25) is 0 Å². The van der Waals surface area contributed by atoms with Crippen molar-refractivity contribution in [2.24, 2.45) is 0 Å². The van der Waals surface area contributed by atoms with E-state index in [9.17, 15) is 5.11 Å². The first-order chi connectivity index (χ1) is 7.36. The van der Waals surface area contributed by atoms with Gasteiger partial charge in [-0.1, -0.05) is 30.3 Å². The molecule has 2 rings (SSSR count). The fourth-order valence-corrected chi connectivity index (χ4v) is 2.08. The number of thiazole rings is 1. The minimum absolute atomic E-state index is 0.382. The van der Waals surface area contributed by atoms with Crippen molar-refractivity contribution >= 4 is 11.3 Å². The van der Waals surface area contributed by atoms with Gasteiger partial charge >= 0.3 is 0 Å². The summed E-state index contributed by atoms with van der Waals surface area (Å²) in [6, 6.07) is 9.75. The smallest absolute Gasteiger partial charge is 0.0794 e. The average molecular weight is 219 g/mol. The lowest BCUT2D eigenvalue weighted by Crippen LogP contribution is -1.99. The lowest BCUT2D eigenvalue weighted by Gasteiger charge is -2.09. The fraction of sp³-hybridized carbons (Fsp3) is 0.250. The molecule has 0 spiro atoms. The summed E-state index contributed by atoms with van der Waals surface area (Å²) < 4.78 is 0. The molecular weight excluding hydrogens is 206 g/mol. The predicted molar refractivity (Wildman–Crippen MR) is 61.8 cm³/mol. The van der Waals surface area contributed by atoms with E-state index in [-0.39, 0.29) is 6.10 Å². The summed E-state index contributed by atoms with van der Waals surface area (Å²) in [5.74, 6) is 0. The molecule has 1 aromatic heterocycles. The molecule has 0 aliphatic heterocycles. The second-order valence-electron chi connectivity index (χ2n) is 3.44. The average Bonchev–Trinajstić information content (AvgIpc) is 2.80. The second-order valence-corrected chi connectivity index (χ2v) is 4.16. The monoisotopic (exact) mass is 219 g/mol. The van der Waals surface area contributed by atoms with Gasteiger partial charge in [-0.25, -0.2) is 4.98 Å². The molecule has 15 heavy (non-hydrogen) atoms. The predicted octanol–water partition coefficient (Wildman–Crippen LogP) is 2.81. The van der Waals surface area contributed by atoms with E-state index >= 15 is 0 Å². The molecule has 0 radical (unpaired) electrons. The molecule has 2 aromatic rings. The highest BCUT2D eigenvalue weighted by Gasteiger charge is 2.07. The number of aliphatic hydroxyl groups excluding tert-OH is 1. The lowest BCUT2D eigenvalue weighted by molar-refractivity contribution is 0.167. The molecule has 0 aliphatic rings. The summed E-state index contributed by atoms with van der Waals surface area (Å²) in [6.07, 6.45) is 1.18. The van der Waals surface area contributed by atoms with Crippen molar-refractivity contribution in [2.75, 3.05) is 0 Å². The molecule has 0 aliphatic carbocycles. The molecule has 3 heteroatoms. The molecule has 1 N–H and O–H groups in total. The summed E-state index contributed by atoms with van der Waals surface area (Å²) >= 11 is 1.59. The molecule has 78 valence electrons. The van der Waals surface area contributed by atoms with E-state index in [4.69, 9.17) is 0 Å². The van der Waals surface area contributed by atoms with Gasteiger partial charge in [0.2, 0.25) is 0 Å². The van der Waals surface area contributed by atoms with Crippen LogP contribution in [-0.2, 0) is 6.42 Å². The van der Waals surface area contributed by atoms with Gasteiger partial charge in [0.25, 0.3) is 0 Å². The largest absolute Gasteiger partial charge is 0.388 e. The van der Waals surface area contributed by atoms with E-state index in [0.717, 1.165) is 24.1 Å². The second kappa shape index (κ2) is 5.05. The zero-order valence-electron chi connectivity index (χ0n) is 8.34. The van der Waals surface area contributed by atoms with Crippen LogP contribution >= 0.6 is 11.3 Å². The molecular formula is C12H13NOS. The third-order valence-corrected chi connectivity index (χ3v) is 2.98. The Morgan fingerprint density at radius 1 is 1.27 bits per heavy atom. The topological polar surface area (TPSA) is 33.1 Å². The van der Waals surface area contributed by atoms with Gasteiger partial charge < -0.3 is 5.11 Å². The summed E-state index contributed by atoms with van der Waals surface area (Å²) in [7, 11) is 0. The summed E-state index contributed by atoms with van der Waals surface area (Å²) in [4.78, 5) is 4.19. The first-order valence-electron chi connectivity index (χ1n) is 4.96. The Hall–Kier alpha value is -1.19. The highest BCUT2D eigenvalue weighted by Crippen LogP contribution is 2.18. The normalized spacial score (nSPS) is 12.6. The molecule has 0 saturated carbocycles. The quantitative estimate of drug-likeness (QED) is 0.857. The van der Waals surface area contributed by atoms with Gasteiger partial charge in [-0.2, -0.15) is 0 Å². The van der Waals surface area contributed by atoms with Crippen molar-refractivity contribution in [3.63, 3.8) is 0 Å². The maximum Gasteiger partial charge on any atom is 0.0794 e. The van der Waals surface area contributed by atoms with Crippen LogP contribution < -0.4 is 0 Å². The van der Waals surface area contributed by atoms with Crippen LogP contribution in [0.3, 0.4) is 0 Å². The van der Waals surface area contributed by atoms with Gasteiger partial charge in [0.05, 0.1) is 17.3 Å². The molecule has 0 saturated heterocycles. The van der Waals surface area contributed by atoms with E-state index in [0.29, 0.717) is 0 Å². The SMILES string of the molecule is OC(CCc1cscn1)c1ccccc1. The van der Waals surface area contributed by atoms with Crippen molar-refractivity contribution < 1.29 is 5.11 Å². The highest BCUT2D eigenvalue weighted by atomic mass is 32.1. The highest BCUT2D eigenvalue weighted by molar-refractivity contribution is 7.07. The van der Waals surface area contributed by atoms with E-state index < -0.39 is 0 Å². The molecule has 0 bridgehead atoms. The summed E-state index contributed by atoms with van der Waals surface area (Å²) in [5.41, 5.74) is 3.87. The molecule has 1 heterocycles. The summed E-state index contributed by atoms with van der Waals surface area (Å²) in [5, 5.41) is 11.9. The van der Waals surface area contributed by atoms with Crippen molar-refractivity contribution in [3.05, 3.63) is 52.5 Å². The number of benzene rings is 1. The molecule has 1 atom stereocenters. The number of aromatic nitrogens is 1. The van der Waals surface area contributed by atoms with Gasteiger partial charge in [-0.15, -0.1) is 11.3 Å². The van der Waals surface area contributed by atoms with Crippen LogP contribution in [0.25, 0.3) is 0 Å². The van der Waals surface area contributed by atoms with Crippen LogP contribution in [0.15, 0.2) is 41.2 Å². The zero-order valence-corrected chi connectivity index (χ0v) is 9.15. The number of rotatable bonds is 4. The van der Waals surface area contributed by atoms with Crippen molar-refractivity contribution in [1.82, 2.24) is 4.98 Å². The number of aryl methyl sites for hydroxylation is 1.